The number of H-pyrrole nitrogens is 1. The van der Waals surface area contributed by atoms with E-state index in [1.165, 1.54) is 8.96 Å². The number of nitrogens with zero attached hydrogens (tertiary/aromatic N) is 1. The molecule has 0 radical (unpaired) electrons. The highest BCUT2D eigenvalue weighted by atomic mass is 127. The lowest BCUT2D eigenvalue weighted by Crippen LogP contribution is -2.40. The predicted octanol–water partition coefficient (Wildman–Crippen LogP) is 4.69. The summed E-state index contributed by atoms with van der Waals surface area (Å²) < 4.78 is 7.43. The van der Waals surface area contributed by atoms with Crippen LogP contribution in [0, 0.1) is 3.57 Å². The van der Waals surface area contributed by atoms with E-state index in [-0.39, 0.29) is 5.04 Å². The molecule has 0 aliphatic carbocycles. The van der Waals surface area contributed by atoms with Crippen LogP contribution in [0.3, 0.4) is 0 Å². The summed E-state index contributed by atoms with van der Waals surface area (Å²) in [7, 11) is -1.69. The maximum atomic E-state index is 6.23. The molecule has 0 saturated carbocycles. The van der Waals surface area contributed by atoms with Gasteiger partial charge in [0.25, 0.3) is 0 Å². The van der Waals surface area contributed by atoms with Gasteiger partial charge in [-0.3, -0.25) is 0 Å². The molecule has 5 heteroatoms. The summed E-state index contributed by atoms with van der Waals surface area (Å²) in [6, 6.07) is 2.17. The highest BCUT2D eigenvalue weighted by molar-refractivity contribution is 14.1. The summed E-state index contributed by atoms with van der Waals surface area (Å²) in [6.45, 7) is 12.0. The lowest BCUT2D eigenvalue weighted by Gasteiger charge is -2.36. The molecule has 0 aliphatic rings. The van der Waals surface area contributed by atoms with E-state index >= 15 is 0 Å². The van der Waals surface area contributed by atoms with Crippen molar-refractivity contribution in [3.63, 3.8) is 0 Å². The van der Waals surface area contributed by atoms with Crippen LogP contribution < -0.4 is 0 Å². The number of fused-ring (bicyclic) bond motifs is 1. The monoisotopic (exact) mass is 388 g/mol. The molecule has 2 aromatic heterocycles. The maximum Gasteiger partial charge on any atom is 0.192 e. The Balaban J connectivity index is 2.16. The van der Waals surface area contributed by atoms with Gasteiger partial charge in [0.2, 0.25) is 0 Å². The van der Waals surface area contributed by atoms with E-state index in [0.29, 0.717) is 6.61 Å². The van der Waals surface area contributed by atoms with Crippen LogP contribution in [0.25, 0.3) is 11.0 Å². The van der Waals surface area contributed by atoms with Crippen molar-refractivity contribution in [3.05, 3.63) is 27.6 Å². The molecule has 2 heterocycles. The quantitative estimate of drug-likeness (QED) is 0.612. The Bertz CT molecular complexity index is 587. The van der Waals surface area contributed by atoms with Crippen molar-refractivity contribution in [1.29, 1.82) is 0 Å². The second-order valence-electron chi connectivity index (χ2n) is 6.43. The number of rotatable bonds is 3. The van der Waals surface area contributed by atoms with Crippen LogP contribution in [0.4, 0.5) is 0 Å². The number of aromatic nitrogens is 2. The van der Waals surface area contributed by atoms with Crippen molar-refractivity contribution in [3.8, 4) is 0 Å². The van der Waals surface area contributed by atoms with Crippen LogP contribution in [0.15, 0.2) is 18.5 Å². The minimum Gasteiger partial charge on any atom is -0.413 e. The zero-order valence-corrected chi connectivity index (χ0v) is 15.3. The van der Waals surface area contributed by atoms with E-state index in [1.807, 2.05) is 12.4 Å². The van der Waals surface area contributed by atoms with Gasteiger partial charge in [0.05, 0.1) is 6.61 Å². The Kier molecular flexibility index (Phi) is 4.09. The summed E-state index contributed by atoms with van der Waals surface area (Å²) in [5.74, 6) is 0. The molecule has 1 N–H and O–H groups in total. The first-order chi connectivity index (χ1) is 8.71. The number of aromatic amines is 1. The average Bonchev–Trinajstić information content (AvgIpc) is 2.67. The molecular weight excluding hydrogens is 367 g/mol. The predicted molar refractivity (Wildman–Crippen MR) is 90.8 cm³/mol. The Morgan fingerprint density at radius 1 is 1.37 bits per heavy atom. The molecule has 3 nitrogen and oxygen atoms in total. The van der Waals surface area contributed by atoms with E-state index in [2.05, 4.69) is 72.5 Å². The van der Waals surface area contributed by atoms with Crippen LogP contribution in [0.5, 0.6) is 0 Å². The molecule has 2 aromatic rings. The van der Waals surface area contributed by atoms with Crippen molar-refractivity contribution >= 4 is 41.9 Å². The zero-order valence-electron chi connectivity index (χ0n) is 12.2. The third-order valence-corrected chi connectivity index (χ3v) is 9.31. The molecule has 0 spiro atoms. The van der Waals surface area contributed by atoms with Crippen molar-refractivity contribution < 1.29 is 4.43 Å². The highest BCUT2D eigenvalue weighted by Crippen LogP contribution is 2.37. The van der Waals surface area contributed by atoms with Crippen molar-refractivity contribution in [2.24, 2.45) is 0 Å². The van der Waals surface area contributed by atoms with Crippen molar-refractivity contribution in [2.75, 3.05) is 0 Å². The average molecular weight is 388 g/mol. The second kappa shape index (κ2) is 5.18. The van der Waals surface area contributed by atoms with E-state index in [0.717, 1.165) is 11.2 Å². The van der Waals surface area contributed by atoms with Gasteiger partial charge in [0, 0.05) is 21.4 Å². The van der Waals surface area contributed by atoms with Crippen molar-refractivity contribution in [1.82, 2.24) is 9.97 Å². The minimum absolute atomic E-state index is 0.243. The molecule has 0 saturated heterocycles. The van der Waals surface area contributed by atoms with Crippen LogP contribution in [-0.4, -0.2) is 18.3 Å². The van der Waals surface area contributed by atoms with Gasteiger partial charge in [0.15, 0.2) is 8.32 Å². The van der Waals surface area contributed by atoms with Crippen molar-refractivity contribution in [2.45, 2.75) is 45.5 Å². The van der Waals surface area contributed by atoms with Gasteiger partial charge >= 0.3 is 0 Å². The standard InChI is InChI=1S/C14H21IN2OSi/c1-14(2,3)19(4,5)18-9-10-6-11-12(15)8-17-13(11)16-7-10/h6-8H,9H2,1-5H3,(H,16,17). The van der Waals surface area contributed by atoms with E-state index < -0.39 is 8.32 Å². The van der Waals surface area contributed by atoms with E-state index in [9.17, 15) is 0 Å². The van der Waals surface area contributed by atoms with Crippen LogP contribution in [0.1, 0.15) is 26.3 Å². The summed E-state index contributed by atoms with van der Waals surface area (Å²) in [6.07, 6.45) is 3.89. The lowest BCUT2D eigenvalue weighted by atomic mass is 10.2. The number of hydrogen-bond acceptors (Lipinski definition) is 2. The van der Waals surface area contributed by atoms with Gasteiger partial charge in [-0.1, -0.05) is 20.8 Å². The van der Waals surface area contributed by atoms with Gasteiger partial charge in [0.1, 0.15) is 5.65 Å². The third-order valence-electron chi connectivity index (χ3n) is 3.94. The maximum absolute atomic E-state index is 6.23. The van der Waals surface area contributed by atoms with Crippen LogP contribution in [-0.2, 0) is 11.0 Å². The fourth-order valence-corrected chi connectivity index (χ4v) is 3.10. The zero-order chi connectivity index (χ0) is 14.3. The number of hydrogen-bond donors (Lipinski definition) is 1. The summed E-state index contributed by atoms with van der Waals surface area (Å²) in [4.78, 5) is 7.60. The Morgan fingerprint density at radius 3 is 2.68 bits per heavy atom. The molecule has 19 heavy (non-hydrogen) atoms. The molecule has 0 atom stereocenters. The number of nitrogens with one attached hydrogen (secondary N) is 1. The van der Waals surface area contributed by atoms with Crippen LogP contribution >= 0.6 is 22.6 Å². The van der Waals surface area contributed by atoms with E-state index in [1.54, 1.807) is 0 Å². The third kappa shape index (κ3) is 3.20. The molecule has 2 rings (SSSR count). The molecule has 0 aliphatic heterocycles. The summed E-state index contributed by atoms with van der Waals surface area (Å²) in [5.41, 5.74) is 2.09. The first-order valence-electron chi connectivity index (χ1n) is 6.46. The van der Waals surface area contributed by atoms with Gasteiger partial charge in [-0.15, -0.1) is 0 Å². The molecule has 0 bridgehead atoms. The fourth-order valence-electron chi connectivity index (χ4n) is 1.57. The smallest absolute Gasteiger partial charge is 0.192 e. The molecule has 0 aromatic carbocycles. The normalized spacial score (nSPS) is 13.2. The highest BCUT2D eigenvalue weighted by Gasteiger charge is 2.37. The van der Waals surface area contributed by atoms with Gasteiger partial charge in [-0.2, -0.15) is 0 Å². The molecule has 104 valence electrons. The van der Waals surface area contributed by atoms with Gasteiger partial charge < -0.3 is 9.41 Å². The van der Waals surface area contributed by atoms with E-state index in [4.69, 9.17) is 4.43 Å². The topological polar surface area (TPSA) is 37.9 Å². The Morgan fingerprint density at radius 2 is 2.05 bits per heavy atom. The first-order valence-corrected chi connectivity index (χ1v) is 10.4. The molecular formula is C14H21IN2OSi. The Hall–Kier alpha value is -0.403. The van der Waals surface area contributed by atoms with Crippen LogP contribution in [0.2, 0.25) is 18.1 Å². The van der Waals surface area contributed by atoms with Gasteiger partial charge in [-0.25, -0.2) is 4.98 Å². The Labute approximate surface area is 129 Å². The fraction of sp³-hybridized carbons (Fsp3) is 0.500. The number of pyridine rings is 1. The SMILES string of the molecule is CC(C)(C)[Si](C)(C)OCc1cnc2[nH]cc(I)c2c1. The summed E-state index contributed by atoms with van der Waals surface area (Å²) >= 11 is 2.32. The molecule has 0 amide bonds. The first kappa shape index (κ1) is 15.0. The largest absolute Gasteiger partial charge is 0.413 e. The van der Waals surface area contributed by atoms with Gasteiger partial charge in [-0.05, 0) is 52.4 Å². The second-order valence-corrected chi connectivity index (χ2v) is 12.4. The number of halogens is 1. The molecule has 0 unspecified atom stereocenters. The molecule has 0 fully saturated rings. The minimum atomic E-state index is -1.69. The summed E-state index contributed by atoms with van der Waals surface area (Å²) in [5, 5.41) is 1.42. The lowest BCUT2D eigenvalue weighted by molar-refractivity contribution is 0.276.